The summed E-state index contributed by atoms with van der Waals surface area (Å²) in [5, 5.41) is 3.85. The van der Waals surface area contributed by atoms with Crippen molar-refractivity contribution < 1.29 is 14.4 Å². The summed E-state index contributed by atoms with van der Waals surface area (Å²) < 4.78 is 0. The van der Waals surface area contributed by atoms with Gasteiger partial charge in [-0.05, 0) is 19.1 Å². The van der Waals surface area contributed by atoms with Gasteiger partial charge in [-0.2, -0.15) is 0 Å². The highest BCUT2D eigenvalue weighted by atomic mass is 16.6. The van der Waals surface area contributed by atoms with E-state index in [1.807, 2.05) is 25.1 Å². The summed E-state index contributed by atoms with van der Waals surface area (Å²) in [5.41, 5.74) is 1.49. The first kappa shape index (κ1) is 11.9. The number of carbonyl (C=O) groups excluding carboxylic acids is 2. The van der Waals surface area contributed by atoms with Crippen LogP contribution in [0.25, 0.3) is 0 Å². The number of carbonyl (C=O) groups is 2. The van der Waals surface area contributed by atoms with Crippen molar-refractivity contribution >= 4 is 23.2 Å². The van der Waals surface area contributed by atoms with Crippen molar-refractivity contribution in [3.05, 3.63) is 30.3 Å². The Hall–Kier alpha value is -2.17. The molecule has 5 heteroatoms. The first-order chi connectivity index (χ1) is 9.16. The van der Waals surface area contributed by atoms with Gasteiger partial charge in [0.2, 0.25) is 11.8 Å². The third-order valence-corrected chi connectivity index (χ3v) is 3.49. The van der Waals surface area contributed by atoms with Crippen molar-refractivity contribution in [3.8, 4) is 0 Å². The number of nitrogens with zero attached hydrogens (tertiary/aromatic N) is 2. The van der Waals surface area contributed by atoms with E-state index >= 15 is 0 Å². The van der Waals surface area contributed by atoms with E-state index in [2.05, 4.69) is 5.16 Å². The maximum Gasteiger partial charge on any atom is 0.241 e. The van der Waals surface area contributed by atoms with Gasteiger partial charge in [0.15, 0.2) is 0 Å². The third kappa shape index (κ3) is 2.01. The molecule has 0 spiro atoms. The first-order valence-corrected chi connectivity index (χ1v) is 6.28. The summed E-state index contributed by atoms with van der Waals surface area (Å²) in [4.78, 5) is 30.9. The van der Waals surface area contributed by atoms with Crippen LogP contribution in [0.1, 0.15) is 19.8 Å². The minimum Gasteiger partial charge on any atom is -0.391 e. The zero-order chi connectivity index (χ0) is 13.4. The standard InChI is InChI=1S/C14H14N2O3/c1-9-7-12(19-15-9)11-8-13(17)16(14(11)18)10-5-3-2-4-6-10/h2-6,11-12H,7-8H2,1H3. The van der Waals surface area contributed by atoms with Crippen LogP contribution in [0.4, 0.5) is 5.69 Å². The Bertz CT molecular complexity index is 553. The number of hydrogen-bond acceptors (Lipinski definition) is 4. The molecule has 2 aliphatic rings. The molecule has 2 atom stereocenters. The molecule has 5 nitrogen and oxygen atoms in total. The lowest BCUT2D eigenvalue weighted by Crippen LogP contribution is -2.33. The molecule has 3 rings (SSSR count). The van der Waals surface area contributed by atoms with Crippen molar-refractivity contribution in [2.24, 2.45) is 11.1 Å². The third-order valence-electron chi connectivity index (χ3n) is 3.49. The Labute approximate surface area is 110 Å². The Balaban J connectivity index is 1.82. The second-order valence-electron chi connectivity index (χ2n) is 4.89. The Kier molecular flexibility index (Phi) is 2.81. The zero-order valence-electron chi connectivity index (χ0n) is 10.6. The number of imide groups is 1. The van der Waals surface area contributed by atoms with E-state index in [1.54, 1.807) is 12.1 Å². The Morgan fingerprint density at radius 1 is 1.21 bits per heavy atom. The molecule has 0 aliphatic carbocycles. The van der Waals surface area contributed by atoms with E-state index in [0.717, 1.165) is 5.71 Å². The summed E-state index contributed by atoms with van der Waals surface area (Å²) in [7, 11) is 0. The number of benzene rings is 1. The summed E-state index contributed by atoms with van der Waals surface area (Å²) in [6.45, 7) is 1.86. The van der Waals surface area contributed by atoms with Gasteiger partial charge < -0.3 is 4.84 Å². The summed E-state index contributed by atoms with van der Waals surface area (Å²) in [5.74, 6) is -0.783. The lowest BCUT2D eigenvalue weighted by Gasteiger charge is -2.17. The van der Waals surface area contributed by atoms with Crippen LogP contribution in [0, 0.1) is 5.92 Å². The number of hydrogen-bond donors (Lipinski definition) is 0. The monoisotopic (exact) mass is 258 g/mol. The molecule has 2 aliphatic heterocycles. The van der Waals surface area contributed by atoms with Crippen molar-refractivity contribution in [1.82, 2.24) is 0 Å². The van der Waals surface area contributed by atoms with Crippen molar-refractivity contribution in [2.45, 2.75) is 25.9 Å². The average Bonchev–Trinajstić information content (AvgIpc) is 2.95. The summed E-state index contributed by atoms with van der Waals surface area (Å²) in [6.07, 6.45) is 0.512. The Morgan fingerprint density at radius 2 is 1.95 bits per heavy atom. The van der Waals surface area contributed by atoms with Gasteiger partial charge in [-0.1, -0.05) is 23.4 Å². The second kappa shape index (κ2) is 4.50. The van der Waals surface area contributed by atoms with Crippen LogP contribution in [0.3, 0.4) is 0 Å². The molecular weight excluding hydrogens is 244 g/mol. The molecule has 0 aromatic heterocycles. The van der Waals surface area contributed by atoms with E-state index in [1.165, 1.54) is 4.90 Å². The molecule has 0 saturated carbocycles. The minimum absolute atomic E-state index is 0.172. The van der Waals surface area contributed by atoms with Crippen LogP contribution in [0.15, 0.2) is 35.5 Å². The normalized spacial score (nSPS) is 26.6. The Morgan fingerprint density at radius 3 is 2.58 bits per heavy atom. The second-order valence-corrected chi connectivity index (χ2v) is 4.89. The lowest BCUT2D eigenvalue weighted by molar-refractivity contribution is -0.124. The molecular formula is C14H14N2O3. The highest BCUT2D eigenvalue weighted by Crippen LogP contribution is 2.32. The fourth-order valence-corrected chi connectivity index (χ4v) is 2.53. The van der Waals surface area contributed by atoms with Gasteiger partial charge in [-0.3, -0.25) is 14.5 Å². The number of oxime groups is 1. The van der Waals surface area contributed by atoms with Crippen LogP contribution in [-0.4, -0.2) is 23.6 Å². The van der Waals surface area contributed by atoms with E-state index < -0.39 is 5.92 Å². The molecule has 2 amide bonds. The fraction of sp³-hybridized carbons (Fsp3) is 0.357. The van der Waals surface area contributed by atoms with Crippen molar-refractivity contribution in [3.63, 3.8) is 0 Å². The van der Waals surface area contributed by atoms with Gasteiger partial charge in [-0.25, -0.2) is 0 Å². The van der Waals surface area contributed by atoms with E-state index in [0.29, 0.717) is 12.1 Å². The molecule has 0 bridgehead atoms. The van der Waals surface area contributed by atoms with Crippen LogP contribution in [0.5, 0.6) is 0 Å². The molecule has 98 valence electrons. The SMILES string of the molecule is CC1=NOC(C2CC(=O)N(c3ccccc3)C2=O)C1. The van der Waals surface area contributed by atoms with Gasteiger partial charge in [0.25, 0.3) is 0 Å². The topological polar surface area (TPSA) is 59.0 Å². The zero-order valence-corrected chi connectivity index (χ0v) is 10.6. The van der Waals surface area contributed by atoms with Gasteiger partial charge in [0.05, 0.1) is 17.3 Å². The van der Waals surface area contributed by atoms with Crippen LogP contribution < -0.4 is 4.90 Å². The smallest absolute Gasteiger partial charge is 0.241 e. The quantitative estimate of drug-likeness (QED) is 0.759. The maximum absolute atomic E-state index is 12.4. The van der Waals surface area contributed by atoms with Crippen LogP contribution >= 0.6 is 0 Å². The first-order valence-electron chi connectivity index (χ1n) is 6.28. The van der Waals surface area contributed by atoms with Gasteiger partial charge in [0, 0.05) is 12.8 Å². The molecule has 2 unspecified atom stereocenters. The summed E-state index contributed by atoms with van der Waals surface area (Å²) in [6, 6.07) is 8.99. The van der Waals surface area contributed by atoms with Gasteiger partial charge >= 0.3 is 0 Å². The minimum atomic E-state index is -0.422. The van der Waals surface area contributed by atoms with Crippen molar-refractivity contribution in [2.75, 3.05) is 4.90 Å². The van der Waals surface area contributed by atoms with Gasteiger partial charge in [0.1, 0.15) is 6.10 Å². The number of rotatable bonds is 2. The molecule has 19 heavy (non-hydrogen) atoms. The van der Waals surface area contributed by atoms with Gasteiger partial charge in [-0.15, -0.1) is 0 Å². The van der Waals surface area contributed by atoms with Crippen molar-refractivity contribution in [1.29, 1.82) is 0 Å². The highest BCUT2D eigenvalue weighted by Gasteiger charge is 2.46. The molecule has 1 saturated heterocycles. The average molecular weight is 258 g/mol. The largest absolute Gasteiger partial charge is 0.391 e. The molecule has 0 radical (unpaired) electrons. The molecule has 1 fully saturated rings. The summed E-state index contributed by atoms with van der Waals surface area (Å²) >= 11 is 0. The predicted octanol–water partition coefficient (Wildman–Crippen LogP) is 1.73. The number of anilines is 1. The van der Waals surface area contributed by atoms with Crippen LogP contribution in [0.2, 0.25) is 0 Å². The number of amides is 2. The van der Waals surface area contributed by atoms with E-state index in [4.69, 9.17) is 4.84 Å². The predicted molar refractivity (Wildman–Crippen MR) is 69.6 cm³/mol. The fourth-order valence-electron chi connectivity index (χ4n) is 2.53. The molecule has 2 heterocycles. The van der Waals surface area contributed by atoms with E-state index in [9.17, 15) is 9.59 Å². The highest BCUT2D eigenvalue weighted by molar-refractivity contribution is 6.21. The van der Waals surface area contributed by atoms with E-state index in [-0.39, 0.29) is 24.3 Å². The number of para-hydroxylation sites is 1. The molecule has 1 aromatic rings. The molecule has 0 N–H and O–H groups in total. The lowest BCUT2D eigenvalue weighted by atomic mass is 9.97. The molecule has 1 aromatic carbocycles. The maximum atomic E-state index is 12.4. The van der Waals surface area contributed by atoms with Crippen LogP contribution in [-0.2, 0) is 14.4 Å².